The first kappa shape index (κ1) is 29.2. The van der Waals surface area contributed by atoms with Gasteiger partial charge in [0.05, 0.1) is 23.4 Å². The Hall–Kier alpha value is -4.32. The second-order valence-electron chi connectivity index (χ2n) is 9.73. The highest BCUT2D eigenvalue weighted by molar-refractivity contribution is 6.12. The minimum Gasteiger partial charge on any atom is -0.442 e. The standard InChI is InChI=1S/C27H28F3N5O4/c1-26(2,3)39-25(38)35(34(4)5)22-10-9-20(27(28,29)30)12-21(22)33-24(37)13-23(36)18-8-6-7-17(11-18)19-14-31-16-32-15-19/h6-12,14-16H,13H2,1-5H3,(H,33,37). The monoisotopic (exact) mass is 543 g/mol. The molecule has 3 rings (SSSR count). The minimum absolute atomic E-state index is 0.0749. The summed E-state index contributed by atoms with van der Waals surface area (Å²) in [4.78, 5) is 46.5. The summed E-state index contributed by atoms with van der Waals surface area (Å²) in [5.41, 5.74) is -0.801. The van der Waals surface area contributed by atoms with Gasteiger partial charge < -0.3 is 10.1 Å². The highest BCUT2D eigenvalue weighted by Crippen LogP contribution is 2.36. The maximum absolute atomic E-state index is 13.5. The first-order valence-electron chi connectivity index (χ1n) is 11.8. The molecule has 0 unspecified atom stereocenters. The lowest BCUT2D eigenvalue weighted by Crippen LogP contribution is -2.45. The second-order valence-corrected chi connectivity index (χ2v) is 9.73. The first-order chi connectivity index (χ1) is 18.2. The molecule has 2 aromatic carbocycles. The zero-order chi connectivity index (χ0) is 29.0. The van der Waals surface area contributed by atoms with Gasteiger partial charge in [0.1, 0.15) is 11.9 Å². The van der Waals surface area contributed by atoms with Crippen LogP contribution < -0.4 is 10.3 Å². The molecule has 1 N–H and O–H groups in total. The molecule has 0 atom stereocenters. The Kier molecular flexibility index (Phi) is 8.70. The summed E-state index contributed by atoms with van der Waals surface area (Å²) < 4.78 is 45.9. The smallest absolute Gasteiger partial charge is 0.429 e. The molecule has 0 radical (unpaired) electrons. The van der Waals surface area contributed by atoms with Crippen LogP contribution in [0.25, 0.3) is 11.1 Å². The van der Waals surface area contributed by atoms with Crippen LogP contribution in [0.5, 0.6) is 0 Å². The van der Waals surface area contributed by atoms with Gasteiger partial charge in [-0.2, -0.15) is 13.2 Å². The molecule has 206 valence electrons. The van der Waals surface area contributed by atoms with Gasteiger partial charge in [-0.15, -0.1) is 0 Å². The average molecular weight is 544 g/mol. The number of halogens is 3. The van der Waals surface area contributed by atoms with Crippen molar-refractivity contribution in [2.45, 2.75) is 39.0 Å². The van der Waals surface area contributed by atoms with E-state index in [0.717, 1.165) is 17.1 Å². The fourth-order valence-corrected chi connectivity index (χ4v) is 3.54. The molecule has 0 saturated carbocycles. The van der Waals surface area contributed by atoms with Crippen molar-refractivity contribution in [3.63, 3.8) is 0 Å². The Bertz CT molecular complexity index is 1360. The van der Waals surface area contributed by atoms with Crippen LogP contribution in [0.1, 0.15) is 43.1 Å². The SMILES string of the molecule is CN(C)N(C(=O)OC(C)(C)C)c1ccc(C(F)(F)F)cc1NC(=O)CC(=O)c1cccc(-c2cncnc2)c1. The zero-order valence-electron chi connectivity index (χ0n) is 22.0. The number of aromatic nitrogens is 2. The van der Waals surface area contributed by atoms with Crippen molar-refractivity contribution in [2.75, 3.05) is 24.4 Å². The lowest BCUT2D eigenvalue weighted by atomic mass is 10.0. The number of nitrogens with zero attached hydrogens (tertiary/aromatic N) is 4. The van der Waals surface area contributed by atoms with Gasteiger partial charge in [-0.3, -0.25) is 9.59 Å². The van der Waals surface area contributed by atoms with Crippen LogP contribution in [-0.2, 0) is 15.7 Å². The summed E-state index contributed by atoms with van der Waals surface area (Å²) in [6, 6.07) is 9.01. The summed E-state index contributed by atoms with van der Waals surface area (Å²) in [5, 5.41) is 4.65. The number of Topliss-reactive ketones (excluding diaryl/α,β-unsaturated/α-hetero) is 1. The van der Waals surface area contributed by atoms with Crippen molar-refractivity contribution in [1.82, 2.24) is 15.0 Å². The van der Waals surface area contributed by atoms with Crippen LogP contribution in [-0.4, -0.2) is 52.5 Å². The van der Waals surface area contributed by atoms with Gasteiger partial charge in [-0.05, 0) is 50.6 Å². The zero-order valence-corrected chi connectivity index (χ0v) is 22.0. The number of rotatable bonds is 7. The molecule has 1 aromatic heterocycles. The highest BCUT2D eigenvalue weighted by Gasteiger charge is 2.34. The Morgan fingerprint density at radius 3 is 2.21 bits per heavy atom. The third-order valence-electron chi connectivity index (χ3n) is 5.19. The summed E-state index contributed by atoms with van der Waals surface area (Å²) in [6.45, 7) is 4.92. The molecule has 1 heterocycles. The predicted octanol–water partition coefficient (Wildman–Crippen LogP) is 5.59. The number of anilines is 2. The molecule has 3 aromatic rings. The molecule has 0 aliphatic heterocycles. The Labute approximate surface area is 223 Å². The first-order valence-corrected chi connectivity index (χ1v) is 11.8. The lowest BCUT2D eigenvalue weighted by molar-refractivity contribution is -0.137. The van der Waals surface area contributed by atoms with Gasteiger partial charge in [0.2, 0.25) is 5.91 Å². The van der Waals surface area contributed by atoms with Crippen molar-refractivity contribution in [3.05, 3.63) is 72.3 Å². The van der Waals surface area contributed by atoms with Crippen molar-refractivity contribution >= 4 is 29.2 Å². The number of carbonyl (C=O) groups excluding carboxylic acids is 3. The average Bonchev–Trinajstić information content (AvgIpc) is 2.83. The van der Waals surface area contributed by atoms with E-state index in [9.17, 15) is 27.6 Å². The number of carbonyl (C=O) groups is 3. The van der Waals surface area contributed by atoms with Crippen LogP contribution in [0.15, 0.2) is 61.2 Å². The van der Waals surface area contributed by atoms with Gasteiger partial charge in [0, 0.05) is 37.6 Å². The summed E-state index contributed by atoms with van der Waals surface area (Å²) in [7, 11) is 2.98. The third kappa shape index (κ3) is 7.84. The molecule has 0 bridgehead atoms. The number of nitrogens with one attached hydrogen (secondary N) is 1. The largest absolute Gasteiger partial charge is 0.442 e. The van der Waals surface area contributed by atoms with Gasteiger partial charge in [0.25, 0.3) is 0 Å². The third-order valence-corrected chi connectivity index (χ3v) is 5.19. The van der Waals surface area contributed by atoms with Gasteiger partial charge in [0.15, 0.2) is 5.78 Å². The van der Waals surface area contributed by atoms with E-state index in [1.807, 2.05) is 0 Å². The fourth-order valence-electron chi connectivity index (χ4n) is 3.54. The van der Waals surface area contributed by atoms with E-state index < -0.39 is 41.5 Å². The molecule has 0 aliphatic carbocycles. The van der Waals surface area contributed by atoms with Crippen LogP contribution in [0.3, 0.4) is 0 Å². The number of hydrazine groups is 1. The van der Waals surface area contributed by atoms with Crippen molar-refractivity contribution in [3.8, 4) is 11.1 Å². The summed E-state index contributed by atoms with van der Waals surface area (Å²) in [5.74, 6) is -1.42. The maximum atomic E-state index is 13.5. The normalized spacial score (nSPS) is 11.7. The number of ether oxygens (including phenoxy) is 1. The Balaban J connectivity index is 1.90. The van der Waals surface area contributed by atoms with Gasteiger partial charge in [-0.1, -0.05) is 18.2 Å². The van der Waals surface area contributed by atoms with Crippen LogP contribution >= 0.6 is 0 Å². The molecule has 0 saturated heterocycles. The number of amides is 2. The van der Waals surface area contributed by atoms with E-state index >= 15 is 0 Å². The molecule has 0 spiro atoms. The van der Waals surface area contributed by atoms with E-state index in [-0.39, 0.29) is 16.9 Å². The van der Waals surface area contributed by atoms with Crippen molar-refractivity contribution in [1.29, 1.82) is 0 Å². The quantitative estimate of drug-likeness (QED) is 0.235. The highest BCUT2D eigenvalue weighted by atomic mass is 19.4. The van der Waals surface area contributed by atoms with Crippen LogP contribution in [0, 0.1) is 0 Å². The fraction of sp³-hybridized carbons (Fsp3) is 0.296. The molecule has 39 heavy (non-hydrogen) atoms. The number of hydrogen-bond acceptors (Lipinski definition) is 7. The molecule has 2 amide bonds. The maximum Gasteiger partial charge on any atom is 0.429 e. The minimum atomic E-state index is -4.72. The Morgan fingerprint density at radius 2 is 1.62 bits per heavy atom. The number of benzene rings is 2. The molecule has 9 nitrogen and oxygen atoms in total. The van der Waals surface area contributed by atoms with Crippen molar-refractivity contribution in [2.24, 2.45) is 0 Å². The number of alkyl halides is 3. The van der Waals surface area contributed by atoms with Crippen LogP contribution in [0.2, 0.25) is 0 Å². The second kappa shape index (κ2) is 11.6. The predicted molar refractivity (Wildman–Crippen MR) is 139 cm³/mol. The molecule has 0 aliphatic rings. The van der Waals surface area contributed by atoms with Crippen molar-refractivity contribution < 1.29 is 32.3 Å². The van der Waals surface area contributed by atoms with E-state index in [1.165, 1.54) is 31.5 Å². The number of hydrogen-bond donors (Lipinski definition) is 1. The van der Waals surface area contributed by atoms with E-state index in [4.69, 9.17) is 4.74 Å². The van der Waals surface area contributed by atoms with Gasteiger partial charge >= 0.3 is 12.3 Å². The van der Waals surface area contributed by atoms with E-state index in [0.29, 0.717) is 17.2 Å². The van der Waals surface area contributed by atoms with Crippen LogP contribution in [0.4, 0.5) is 29.3 Å². The summed E-state index contributed by atoms with van der Waals surface area (Å²) in [6.07, 6.45) is -1.74. The molecule has 0 fully saturated rings. The molecule has 12 heteroatoms. The van der Waals surface area contributed by atoms with E-state index in [2.05, 4.69) is 15.3 Å². The summed E-state index contributed by atoms with van der Waals surface area (Å²) >= 11 is 0. The number of ketones is 1. The van der Waals surface area contributed by atoms with Gasteiger partial charge in [-0.25, -0.2) is 24.8 Å². The topological polar surface area (TPSA) is 105 Å². The Morgan fingerprint density at radius 1 is 0.949 bits per heavy atom. The molecular weight excluding hydrogens is 515 g/mol. The molecular formula is C27H28F3N5O4. The van der Waals surface area contributed by atoms with E-state index in [1.54, 1.807) is 51.4 Å². The lowest BCUT2D eigenvalue weighted by Gasteiger charge is -2.32.